The average Bonchev–Trinajstić information content (AvgIpc) is 3.23. The van der Waals surface area contributed by atoms with E-state index in [-0.39, 0.29) is 20.8 Å². The summed E-state index contributed by atoms with van der Waals surface area (Å²) in [7, 11) is -3.55. The first-order valence-electron chi connectivity index (χ1n) is 8.71. The molecule has 32 heavy (non-hydrogen) atoms. The Kier molecular flexibility index (Phi) is 7.14. The minimum absolute atomic E-state index is 0.0547. The van der Waals surface area contributed by atoms with Crippen LogP contribution in [-0.2, 0) is 14.6 Å². The maximum absolute atomic E-state index is 12.4. The zero-order valence-electron chi connectivity index (χ0n) is 16.3. The topological polar surface area (TPSA) is 139 Å². The van der Waals surface area contributed by atoms with E-state index in [4.69, 9.17) is 4.74 Å². The molecule has 0 atom stereocenters. The molecule has 1 aromatic heterocycles. The first kappa shape index (κ1) is 23.3. The van der Waals surface area contributed by atoms with Crippen molar-refractivity contribution in [3.05, 3.63) is 69.7 Å². The fraction of sp³-hybridized carbons (Fsp3) is 0.0500. The summed E-state index contributed by atoms with van der Waals surface area (Å²) in [5.74, 6) is -1.04. The number of esters is 1. The number of carbonyl (C=O) groups is 2. The summed E-state index contributed by atoms with van der Waals surface area (Å²) in [5.41, 5.74) is 0.627. The molecule has 12 heteroatoms. The normalized spacial score (nSPS) is 11.5. The molecule has 162 valence electrons. The van der Waals surface area contributed by atoms with Gasteiger partial charge >= 0.3 is 5.97 Å². The van der Waals surface area contributed by atoms with Crippen LogP contribution in [0.25, 0.3) is 6.08 Å². The SMILES string of the molecule is CS(=O)(=O)c1nnc(NC(=O)/C(C#N)=C\c2ccc(OC(=O)c3ccccc3)c(Br)c2)s1. The van der Waals surface area contributed by atoms with Crippen LogP contribution < -0.4 is 10.1 Å². The van der Waals surface area contributed by atoms with E-state index < -0.39 is 21.7 Å². The third-order valence-electron chi connectivity index (χ3n) is 3.79. The van der Waals surface area contributed by atoms with E-state index in [0.717, 1.165) is 6.26 Å². The Morgan fingerprint density at radius 1 is 1.19 bits per heavy atom. The minimum atomic E-state index is -3.55. The van der Waals surface area contributed by atoms with Crippen molar-refractivity contribution in [1.29, 1.82) is 5.26 Å². The number of hydrogen-bond donors (Lipinski definition) is 1. The number of ether oxygens (including phenoxy) is 1. The van der Waals surface area contributed by atoms with Gasteiger partial charge in [-0.3, -0.25) is 10.1 Å². The van der Waals surface area contributed by atoms with Gasteiger partial charge in [0, 0.05) is 6.26 Å². The molecule has 1 heterocycles. The molecule has 0 radical (unpaired) electrons. The van der Waals surface area contributed by atoms with Gasteiger partial charge in [-0.25, -0.2) is 13.2 Å². The van der Waals surface area contributed by atoms with Crippen LogP contribution in [0.5, 0.6) is 5.75 Å². The molecule has 0 unspecified atom stereocenters. The van der Waals surface area contributed by atoms with Crippen molar-refractivity contribution in [2.24, 2.45) is 0 Å². The van der Waals surface area contributed by atoms with E-state index in [2.05, 4.69) is 31.4 Å². The van der Waals surface area contributed by atoms with Crippen LogP contribution in [0.2, 0.25) is 0 Å². The number of nitriles is 1. The second-order valence-electron chi connectivity index (χ2n) is 6.21. The lowest BCUT2D eigenvalue weighted by Crippen LogP contribution is -2.13. The molecular formula is C20H13BrN4O5S2. The number of halogens is 1. The molecule has 0 aliphatic rings. The summed E-state index contributed by atoms with van der Waals surface area (Å²) in [6.45, 7) is 0. The van der Waals surface area contributed by atoms with Crippen molar-refractivity contribution < 1.29 is 22.7 Å². The van der Waals surface area contributed by atoms with Gasteiger partial charge in [-0.1, -0.05) is 35.6 Å². The van der Waals surface area contributed by atoms with Crippen LogP contribution in [0.4, 0.5) is 5.13 Å². The van der Waals surface area contributed by atoms with E-state index in [1.165, 1.54) is 12.1 Å². The molecule has 3 rings (SSSR count). The highest BCUT2D eigenvalue weighted by atomic mass is 79.9. The zero-order valence-corrected chi connectivity index (χ0v) is 19.5. The monoisotopic (exact) mass is 532 g/mol. The number of benzene rings is 2. The Labute approximate surface area is 195 Å². The number of sulfone groups is 1. The molecule has 3 aromatic rings. The van der Waals surface area contributed by atoms with Gasteiger partial charge in [0.25, 0.3) is 5.91 Å². The molecule has 0 spiro atoms. The van der Waals surface area contributed by atoms with E-state index in [1.54, 1.807) is 48.5 Å². The quantitative estimate of drug-likeness (QED) is 0.167. The summed E-state index contributed by atoms with van der Waals surface area (Å²) in [6, 6.07) is 14.9. The van der Waals surface area contributed by atoms with Crippen molar-refractivity contribution in [3.8, 4) is 11.8 Å². The van der Waals surface area contributed by atoms with Crippen molar-refractivity contribution in [1.82, 2.24) is 10.2 Å². The van der Waals surface area contributed by atoms with Crippen LogP contribution in [0.15, 0.2) is 62.9 Å². The largest absolute Gasteiger partial charge is 0.422 e. The molecule has 0 aliphatic carbocycles. The van der Waals surface area contributed by atoms with Crippen LogP contribution >= 0.6 is 27.3 Å². The molecule has 0 aliphatic heterocycles. The summed E-state index contributed by atoms with van der Waals surface area (Å²) in [6.07, 6.45) is 2.29. The number of rotatable bonds is 6. The molecule has 2 aromatic carbocycles. The first-order valence-corrected chi connectivity index (χ1v) is 12.2. The maximum Gasteiger partial charge on any atom is 0.343 e. The highest BCUT2D eigenvalue weighted by Crippen LogP contribution is 2.28. The lowest BCUT2D eigenvalue weighted by atomic mass is 10.1. The smallest absolute Gasteiger partial charge is 0.343 e. The van der Waals surface area contributed by atoms with Gasteiger partial charge in [0.05, 0.1) is 10.0 Å². The fourth-order valence-electron chi connectivity index (χ4n) is 2.31. The maximum atomic E-state index is 12.4. The van der Waals surface area contributed by atoms with E-state index in [1.807, 2.05) is 0 Å². The second-order valence-corrected chi connectivity index (χ2v) is 10.2. The number of nitrogens with one attached hydrogen (secondary N) is 1. The fourth-order valence-corrected chi connectivity index (χ4v) is 4.29. The van der Waals surface area contributed by atoms with E-state index in [9.17, 15) is 23.3 Å². The number of hydrogen-bond acceptors (Lipinski definition) is 9. The standard InChI is InChI=1S/C20H13BrN4O5S2/c1-32(28,29)20-25-24-19(31-20)23-17(26)14(11-22)9-12-7-8-16(15(21)10-12)30-18(27)13-5-3-2-4-6-13/h2-10H,1H3,(H,23,24,26)/b14-9-. The summed E-state index contributed by atoms with van der Waals surface area (Å²) in [4.78, 5) is 24.6. The van der Waals surface area contributed by atoms with Gasteiger partial charge in [-0.2, -0.15) is 5.26 Å². The van der Waals surface area contributed by atoms with Crippen LogP contribution in [0, 0.1) is 11.3 Å². The molecule has 0 bridgehead atoms. The van der Waals surface area contributed by atoms with Gasteiger partial charge in [-0.05, 0) is 51.8 Å². The first-order chi connectivity index (χ1) is 15.2. The molecule has 9 nitrogen and oxygen atoms in total. The number of nitrogens with zero attached hydrogens (tertiary/aromatic N) is 3. The van der Waals surface area contributed by atoms with Crippen LogP contribution in [0.1, 0.15) is 15.9 Å². The van der Waals surface area contributed by atoms with Crippen LogP contribution in [0.3, 0.4) is 0 Å². The Bertz CT molecular complexity index is 1360. The van der Waals surface area contributed by atoms with Crippen molar-refractivity contribution >= 4 is 60.2 Å². The lowest BCUT2D eigenvalue weighted by molar-refractivity contribution is -0.112. The van der Waals surface area contributed by atoms with Crippen LogP contribution in [-0.4, -0.2) is 36.7 Å². The summed E-state index contributed by atoms with van der Waals surface area (Å²) in [5, 5.41) is 18.7. The molecule has 0 fully saturated rings. The van der Waals surface area contributed by atoms with Gasteiger partial charge < -0.3 is 4.74 Å². The number of amides is 1. The Morgan fingerprint density at radius 3 is 2.50 bits per heavy atom. The third kappa shape index (κ3) is 5.85. The molecule has 0 saturated heterocycles. The van der Waals surface area contributed by atoms with Gasteiger partial charge in [0.1, 0.15) is 17.4 Å². The van der Waals surface area contributed by atoms with E-state index >= 15 is 0 Å². The summed E-state index contributed by atoms with van der Waals surface area (Å²) < 4.78 is 28.5. The Balaban J connectivity index is 1.75. The predicted molar refractivity (Wildman–Crippen MR) is 121 cm³/mol. The summed E-state index contributed by atoms with van der Waals surface area (Å²) >= 11 is 3.98. The Morgan fingerprint density at radius 2 is 1.91 bits per heavy atom. The highest BCUT2D eigenvalue weighted by molar-refractivity contribution is 9.10. The van der Waals surface area contributed by atoms with Gasteiger partial charge in [0.15, 0.2) is 0 Å². The van der Waals surface area contributed by atoms with E-state index in [0.29, 0.717) is 26.9 Å². The second kappa shape index (κ2) is 9.82. The van der Waals surface area contributed by atoms with Gasteiger partial charge in [-0.15, -0.1) is 10.2 Å². The minimum Gasteiger partial charge on any atom is -0.422 e. The van der Waals surface area contributed by atoms with Gasteiger partial charge in [0.2, 0.25) is 19.3 Å². The third-order valence-corrected chi connectivity index (χ3v) is 6.92. The molecule has 1 amide bonds. The van der Waals surface area contributed by atoms with Crippen molar-refractivity contribution in [3.63, 3.8) is 0 Å². The predicted octanol–water partition coefficient (Wildman–Crippen LogP) is 3.47. The molecule has 1 N–H and O–H groups in total. The lowest BCUT2D eigenvalue weighted by Gasteiger charge is -2.07. The number of carbonyl (C=O) groups excluding carboxylic acids is 2. The van der Waals surface area contributed by atoms with Crippen molar-refractivity contribution in [2.75, 3.05) is 11.6 Å². The number of anilines is 1. The zero-order chi connectivity index (χ0) is 23.3. The Hall–Kier alpha value is -3.40. The number of aromatic nitrogens is 2. The molecular weight excluding hydrogens is 520 g/mol. The average molecular weight is 533 g/mol. The molecule has 0 saturated carbocycles. The van der Waals surface area contributed by atoms with Crippen molar-refractivity contribution in [2.45, 2.75) is 4.34 Å². The highest BCUT2D eigenvalue weighted by Gasteiger charge is 2.18.